The quantitative estimate of drug-likeness (QED) is 0.624. The summed E-state index contributed by atoms with van der Waals surface area (Å²) in [5, 5.41) is 0. The second kappa shape index (κ2) is 4.94. The summed E-state index contributed by atoms with van der Waals surface area (Å²) in [6, 6.07) is -2.84. The van der Waals surface area contributed by atoms with Crippen molar-refractivity contribution in [2.24, 2.45) is 11.7 Å². The first-order valence-corrected chi connectivity index (χ1v) is 4.78. The molecular formula is C9H13F6NO2. The van der Waals surface area contributed by atoms with Gasteiger partial charge in [0.05, 0.1) is 0 Å². The number of nitrogens with two attached hydrogens (primary N) is 1. The molecule has 0 saturated carbocycles. The number of hydrogen-bond acceptors (Lipinski definition) is 3. The van der Waals surface area contributed by atoms with E-state index in [0.29, 0.717) is 0 Å². The van der Waals surface area contributed by atoms with E-state index in [-0.39, 0.29) is 0 Å². The second-order valence-electron chi connectivity index (χ2n) is 4.62. The Bertz CT molecular complexity index is 290. The highest BCUT2D eigenvalue weighted by atomic mass is 19.4. The molecular weight excluding hydrogens is 268 g/mol. The van der Waals surface area contributed by atoms with Gasteiger partial charge >= 0.3 is 18.3 Å². The van der Waals surface area contributed by atoms with Crippen molar-refractivity contribution in [1.82, 2.24) is 0 Å². The minimum atomic E-state index is -5.67. The minimum Gasteiger partial charge on any atom is -0.459 e. The van der Waals surface area contributed by atoms with Gasteiger partial charge in [0.2, 0.25) is 0 Å². The molecule has 1 atom stereocenters. The zero-order valence-corrected chi connectivity index (χ0v) is 9.82. The number of alkyl halides is 6. The molecule has 0 aromatic heterocycles. The van der Waals surface area contributed by atoms with Crippen molar-refractivity contribution in [3.8, 4) is 0 Å². The predicted molar refractivity (Wildman–Crippen MR) is 49.4 cm³/mol. The average Bonchev–Trinajstić information content (AvgIpc) is 1.93. The van der Waals surface area contributed by atoms with Gasteiger partial charge in [0.25, 0.3) is 0 Å². The fourth-order valence-electron chi connectivity index (χ4n) is 1.10. The zero-order valence-electron chi connectivity index (χ0n) is 9.82. The monoisotopic (exact) mass is 281 g/mol. The number of rotatable bonds is 2. The highest BCUT2D eigenvalue weighted by Gasteiger charge is 2.61. The van der Waals surface area contributed by atoms with Crippen LogP contribution in [0.5, 0.6) is 0 Å². The summed E-state index contributed by atoms with van der Waals surface area (Å²) in [6.45, 7) is 3.90. The van der Waals surface area contributed by atoms with Crippen LogP contribution in [0.25, 0.3) is 0 Å². The van der Waals surface area contributed by atoms with Gasteiger partial charge in [0.15, 0.2) is 5.92 Å². The van der Waals surface area contributed by atoms with Crippen LogP contribution in [-0.4, -0.2) is 30.0 Å². The Morgan fingerprint density at radius 2 is 1.33 bits per heavy atom. The number of esters is 1. The van der Waals surface area contributed by atoms with Crippen LogP contribution in [-0.2, 0) is 9.53 Å². The topological polar surface area (TPSA) is 52.3 Å². The summed E-state index contributed by atoms with van der Waals surface area (Å²) in [4.78, 5) is 11.1. The van der Waals surface area contributed by atoms with Crippen LogP contribution in [0.3, 0.4) is 0 Å². The van der Waals surface area contributed by atoms with E-state index in [1.54, 1.807) is 0 Å². The van der Waals surface area contributed by atoms with E-state index in [0.717, 1.165) is 0 Å². The van der Waals surface area contributed by atoms with Crippen molar-refractivity contribution in [3.05, 3.63) is 0 Å². The molecule has 0 rings (SSSR count). The number of ether oxygens (including phenoxy) is 1. The summed E-state index contributed by atoms with van der Waals surface area (Å²) < 4.78 is 77.9. The van der Waals surface area contributed by atoms with Gasteiger partial charge in [-0.15, -0.1) is 0 Å². The van der Waals surface area contributed by atoms with Crippen molar-refractivity contribution >= 4 is 5.97 Å². The van der Waals surface area contributed by atoms with Crippen LogP contribution in [0, 0.1) is 5.92 Å². The average molecular weight is 281 g/mol. The Morgan fingerprint density at radius 3 is 1.56 bits per heavy atom. The number of hydrogen-bond donors (Lipinski definition) is 1. The van der Waals surface area contributed by atoms with Crippen molar-refractivity contribution in [1.29, 1.82) is 0 Å². The zero-order chi connectivity index (χ0) is 14.9. The first-order chi connectivity index (χ1) is 7.66. The molecule has 1 unspecified atom stereocenters. The van der Waals surface area contributed by atoms with Crippen LogP contribution >= 0.6 is 0 Å². The van der Waals surface area contributed by atoms with Gasteiger partial charge in [0.1, 0.15) is 11.6 Å². The highest BCUT2D eigenvalue weighted by Crippen LogP contribution is 2.41. The molecule has 0 aromatic rings. The first-order valence-electron chi connectivity index (χ1n) is 4.78. The summed E-state index contributed by atoms with van der Waals surface area (Å²) in [7, 11) is 0. The molecule has 9 heteroatoms. The van der Waals surface area contributed by atoms with Gasteiger partial charge < -0.3 is 10.5 Å². The maximum atomic E-state index is 12.3. The van der Waals surface area contributed by atoms with E-state index < -0.39 is 35.9 Å². The third kappa shape index (κ3) is 5.11. The normalized spacial score (nSPS) is 15.7. The van der Waals surface area contributed by atoms with Crippen molar-refractivity contribution in [2.75, 3.05) is 0 Å². The molecule has 0 aliphatic carbocycles. The van der Waals surface area contributed by atoms with Crippen LogP contribution in [0.2, 0.25) is 0 Å². The standard InChI is InChI=1S/C9H13F6NO2/c1-7(2,3)18-6(17)4(16)5(8(10,11)12)9(13,14)15/h4-5H,16H2,1-3H3. The predicted octanol–water partition coefficient (Wildman–Crippen LogP) is 2.40. The lowest BCUT2D eigenvalue weighted by Gasteiger charge is -2.29. The molecule has 0 bridgehead atoms. The first kappa shape index (κ1) is 17.0. The van der Waals surface area contributed by atoms with E-state index in [4.69, 9.17) is 5.73 Å². The molecule has 0 spiro atoms. The maximum absolute atomic E-state index is 12.3. The van der Waals surface area contributed by atoms with E-state index in [1.165, 1.54) is 20.8 Å². The summed E-state index contributed by atoms with van der Waals surface area (Å²) in [6.07, 6.45) is -11.3. The van der Waals surface area contributed by atoms with Gasteiger partial charge in [-0.3, -0.25) is 4.79 Å². The lowest BCUT2D eigenvalue weighted by molar-refractivity contribution is -0.290. The molecule has 0 aliphatic rings. The van der Waals surface area contributed by atoms with Crippen molar-refractivity contribution < 1.29 is 35.9 Å². The summed E-state index contributed by atoms with van der Waals surface area (Å²) >= 11 is 0. The maximum Gasteiger partial charge on any atom is 0.402 e. The van der Waals surface area contributed by atoms with Gasteiger partial charge in [-0.2, -0.15) is 26.3 Å². The lowest BCUT2D eigenvalue weighted by atomic mass is 9.99. The Hall–Kier alpha value is -0.990. The SMILES string of the molecule is CC(C)(C)OC(=O)C(N)C(C(F)(F)F)C(F)(F)F. The second-order valence-corrected chi connectivity index (χ2v) is 4.62. The van der Waals surface area contributed by atoms with Crippen LogP contribution in [0.1, 0.15) is 20.8 Å². The van der Waals surface area contributed by atoms with Crippen molar-refractivity contribution in [2.45, 2.75) is 44.8 Å². The van der Waals surface area contributed by atoms with Gasteiger partial charge in [-0.25, -0.2) is 0 Å². The highest BCUT2D eigenvalue weighted by molar-refractivity contribution is 5.76. The van der Waals surface area contributed by atoms with E-state index in [2.05, 4.69) is 4.74 Å². The van der Waals surface area contributed by atoms with Crippen LogP contribution < -0.4 is 5.73 Å². The van der Waals surface area contributed by atoms with E-state index in [9.17, 15) is 31.1 Å². The number of carbonyl (C=O) groups is 1. The molecule has 2 N–H and O–H groups in total. The van der Waals surface area contributed by atoms with E-state index in [1.807, 2.05) is 0 Å². The molecule has 0 fully saturated rings. The molecule has 108 valence electrons. The Kier molecular flexibility index (Phi) is 4.67. The largest absolute Gasteiger partial charge is 0.459 e. The number of carbonyl (C=O) groups excluding carboxylic acids is 1. The van der Waals surface area contributed by atoms with Crippen LogP contribution in [0.4, 0.5) is 26.3 Å². The molecule has 3 nitrogen and oxygen atoms in total. The molecule has 0 saturated heterocycles. The van der Waals surface area contributed by atoms with Crippen LogP contribution in [0.15, 0.2) is 0 Å². The third-order valence-corrected chi connectivity index (χ3v) is 1.74. The van der Waals surface area contributed by atoms with Gasteiger partial charge in [0, 0.05) is 0 Å². The molecule has 0 radical (unpaired) electrons. The Morgan fingerprint density at radius 1 is 1.00 bits per heavy atom. The van der Waals surface area contributed by atoms with Crippen molar-refractivity contribution in [3.63, 3.8) is 0 Å². The summed E-state index contributed by atoms with van der Waals surface area (Å²) in [5.74, 6) is -5.69. The van der Waals surface area contributed by atoms with Gasteiger partial charge in [-0.05, 0) is 20.8 Å². The molecule has 0 amide bonds. The lowest BCUT2D eigenvalue weighted by Crippen LogP contribution is -2.54. The molecule has 0 aromatic carbocycles. The number of halogens is 6. The van der Waals surface area contributed by atoms with E-state index >= 15 is 0 Å². The Balaban J connectivity index is 5.12. The molecule has 0 heterocycles. The van der Waals surface area contributed by atoms with Gasteiger partial charge in [-0.1, -0.05) is 0 Å². The minimum absolute atomic E-state index is 1.23. The summed E-state index contributed by atoms with van der Waals surface area (Å²) in [5.41, 5.74) is 3.50. The Labute approximate surface area is 99.3 Å². The smallest absolute Gasteiger partial charge is 0.402 e. The molecule has 0 aliphatic heterocycles. The molecule has 18 heavy (non-hydrogen) atoms. The fraction of sp³-hybridized carbons (Fsp3) is 0.889. The fourth-order valence-corrected chi connectivity index (χ4v) is 1.10. The third-order valence-electron chi connectivity index (χ3n) is 1.74.